The quantitative estimate of drug-likeness (QED) is 0.623. The summed E-state index contributed by atoms with van der Waals surface area (Å²) in [6, 6.07) is 6.28. The molecule has 0 saturated carbocycles. The van der Waals surface area contributed by atoms with Gasteiger partial charge in [-0.15, -0.1) is 6.58 Å². The second-order valence-corrected chi connectivity index (χ2v) is 5.48. The van der Waals surface area contributed by atoms with Crippen molar-refractivity contribution in [3.8, 4) is 0 Å². The van der Waals surface area contributed by atoms with Crippen LogP contribution in [0.1, 0.15) is 44.7 Å². The maximum absolute atomic E-state index is 6.12. The van der Waals surface area contributed by atoms with E-state index in [1.165, 1.54) is 11.1 Å². The first kappa shape index (κ1) is 12.3. The molecular formula is C14H19Cl. The lowest BCUT2D eigenvalue weighted by atomic mass is 9.85. The highest BCUT2D eigenvalue weighted by molar-refractivity contribution is 6.30. The SMILES string of the molecule is C=CC(C)c1cc(Cl)cc(C(C)(C)C)c1. The van der Waals surface area contributed by atoms with Crippen molar-refractivity contribution in [2.75, 3.05) is 0 Å². The van der Waals surface area contributed by atoms with Crippen molar-refractivity contribution in [1.82, 2.24) is 0 Å². The zero-order valence-electron chi connectivity index (χ0n) is 9.97. The second-order valence-electron chi connectivity index (χ2n) is 5.05. The van der Waals surface area contributed by atoms with Crippen LogP contribution in [0.15, 0.2) is 30.9 Å². The number of benzene rings is 1. The van der Waals surface area contributed by atoms with Crippen LogP contribution in [0.3, 0.4) is 0 Å². The number of hydrogen-bond donors (Lipinski definition) is 0. The zero-order chi connectivity index (χ0) is 11.6. The Labute approximate surface area is 98.0 Å². The Kier molecular flexibility index (Phi) is 3.62. The first-order chi connectivity index (χ1) is 6.84. The van der Waals surface area contributed by atoms with Crippen molar-refractivity contribution in [3.63, 3.8) is 0 Å². The molecule has 0 aromatic heterocycles. The molecule has 0 amide bonds. The van der Waals surface area contributed by atoms with Gasteiger partial charge in [0.2, 0.25) is 0 Å². The topological polar surface area (TPSA) is 0 Å². The largest absolute Gasteiger partial charge is 0.102 e. The summed E-state index contributed by atoms with van der Waals surface area (Å²) in [4.78, 5) is 0. The average molecular weight is 223 g/mol. The van der Waals surface area contributed by atoms with Gasteiger partial charge < -0.3 is 0 Å². The molecule has 0 aliphatic carbocycles. The predicted octanol–water partition coefficient (Wildman–Crippen LogP) is 4.93. The van der Waals surface area contributed by atoms with Crippen LogP contribution in [-0.2, 0) is 5.41 Å². The smallest absolute Gasteiger partial charge is 0.0411 e. The van der Waals surface area contributed by atoms with Crippen molar-refractivity contribution in [3.05, 3.63) is 47.0 Å². The van der Waals surface area contributed by atoms with Gasteiger partial charge in [-0.05, 0) is 34.6 Å². The van der Waals surface area contributed by atoms with E-state index in [0.717, 1.165) is 5.02 Å². The van der Waals surface area contributed by atoms with Gasteiger partial charge in [0.1, 0.15) is 0 Å². The molecule has 0 spiro atoms. The molecule has 15 heavy (non-hydrogen) atoms. The number of allylic oxidation sites excluding steroid dienone is 1. The van der Waals surface area contributed by atoms with Crippen LogP contribution in [0.5, 0.6) is 0 Å². The molecule has 1 atom stereocenters. The fourth-order valence-corrected chi connectivity index (χ4v) is 1.69. The molecule has 0 saturated heterocycles. The molecule has 1 heteroatoms. The minimum absolute atomic E-state index is 0.139. The Bertz CT molecular complexity index is 358. The van der Waals surface area contributed by atoms with E-state index in [9.17, 15) is 0 Å². The molecule has 0 nitrogen and oxygen atoms in total. The molecule has 0 heterocycles. The zero-order valence-corrected chi connectivity index (χ0v) is 10.7. The monoisotopic (exact) mass is 222 g/mol. The van der Waals surface area contributed by atoms with Gasteiger partial charge in [0.25, 0.3) is 0 Å². The lowest BCUT2D eigenvalue weighted by Crippen LogP contribution is -2.11. The molecular weight excluding hydrogens is 204 g/mol. The molecule has 0 fully saturated rings. The van der Waals surface area contributed by atoms with Crippen LogP contribution >= 0.6 is 11.6 Å². The van der Waals surface area contributed by atoms with E-state index in [0.29, 0.717) is 5.92 Å². The highest BCUT2D eigenvalue weighted by Gasteiger charge is 2.15. The lowest BCUT2D eigenvalue weighted by Gasteiger charge is -2.21. The van der Waals surface area contributed by atoms with Crippen molar-refractivity contribution in [1.29, 1.82) is 0 Å². The van der Waals surface area contributed by atoms with Crippen LogP contribution in [0, 0.1) is 0 Å². The minimum atomic E-state index is 0.139. The van der Waals surface area contributed by atoms with Gasteiger partial charge >= 0.3 is 0 Å². The van der Waals surface area contributed by atoms with E-state index in [2.05, 4.69) is 40.3 Å². The molecule has 0 N–H and O–H groups in total. The lowest BCUT2D eigenvalue weighted by molar-refractivity contribution is 0.589. The summed E-state index contributed by atoms with van der Waals surface area (Å²) >= 11 is 6.12. The van der Waals surface area contributed by atoms with E-state index < -0.39 is 0 Å². The van der Waals surface area contributed by atoms with E-state index in [1.807, 2.05) is 18.2 Å². The van der Waals surface area contributed by atoms with Crippen molar-refractivity contribution in [2.24, 2.45) is 0 Å². The third-order valence-electron chi connectivity index (χ3n) is 2.67. The summed E-state index contributed by atoms with van der Waals surface area (Å²) in [7, 11) is 0. The summed E-state index contributed by atoms with van der Waals surface area (Å²) in [6.45, 7) is 12.5. The summed E-state index contributed by atoms with van der Waals surface area (Å²) in [5.74, 6) is 0.352. The molecule has 0 aliphatic rings. The fraction of sp³-hybridized carbons (Fsp3) is 0.429. The maximum Gasteiger partial charge on any atom is 0.0411 e. The summed E-state index contributed by atoms with van der Waals surface area (Å²) in [6.07, 6.45) is 1.94. The fourth-order valence-electron chi connectivity index (χ4n) is 1.44. The standard InChI is InChI=1S/C14H19Cl/c1-6-10(2)11-7-12(14(3,4)5)9-13(15)8-11/h6-10H,1H2,2-5H3. The summed E-state index contributed by atoms with van der Waals surface area (Å²) < 4.78 is 0. The van der Waals surface area contributed by atoms with Crippen LogP contribution in [0.2, 0.25) is 5.02 Å². The third-order valence-corrected chi connectivity index (χ3v) is 2.88. The van der Waals surface area contributed by atoms with Crippen molar-refractivity contribution >= 4 is 11.6 Å². The van der Waals surface area contributed by atoms with Crippen LogP contribution < -0.4 is 0 Å². The predicted molar refractivity (Wildman–Crippen MR) is 68.8 cm³/mol. The molecule has 1 aromatic rings. The van der Waals surface area contributed by atoms with Gasteiger partial charge in [0, 0.05) is 5.02 Å². The number of hydrogen-bond acceptors (Lipinski definition) is 0. The number of rotatable bonds is 2. The Morgan fingerprint density at radius 1 is 1.27 bits per heavy atom. The van der Waals surface area contributed by atoms with E-state index in [1.54, 1.807) is 0 Å². The first-order valence-electron chi connectivity index (χ1n) is 5.28. The summed E-state index contributed by atoms with van der Waals surface area (Å²) in [5, 5.41) is 0.811. The molecule has 0 bridgehead atoms. The van der Waals surface area contributed by atoms with Gasteiger partial charge in [0.15, 0.2) is 0 Å². The first-order valence-corrected chi connectivity index (χ1v) is 5.66. The maximum atomic E-state index is 6.12. The Morgan fingerprint density at radius 3 is 2.33 bits per heavy atom. The molecule has 1 rings (SSSR count). The van der Waals surface area contributed by atoms with E-state index in [4.69, 9.17) is 11.6 Å². The highest BCUT2D eigenvalue weighted by Crippen LogP contribution is 2.29. The minimum Gasteiger partial charge on any atom is -0.102 e. The van der Waals surface area contributed by atoms with Gasteiger partial charge in [-0.3, -0.25) is 0 Å². The molecule has 0 radical (unpaired) electrons. The van der Waals surface area contributed by atoms with E-state index in [-0.39, 0.29) is 5.41 Å². The number of halogens is 1. The van der Waals surface area contributed by atoms with Gasteiger partial charge in [-0.2, -0.15) is 0 Å². The van der Waals surface area contributed by atoms with Gasteiger partial charge in [-0.25, -0.2) is 0 Å². The Balaban J connectivity index is 3.22. The molecule has 1 aromatic carbocycles. The highest BCUT2D eigenvalue weighted by atomic mass is 35.5. The van der Waals surface area contributed by atoms with Gasteiger partial charge in [0.05, 0.1) is 0 Å². The van der Waals surface area contributed by atoms with Crippen LogP contribution in [-0.4, -0.2) is 0 Å². The normalized spacial score (nSPS) is 13.7. The Morgan fingerprint density at radius 2 is 1.87 bits per heavy atom. The average Bonchev–Trinajstić information content (AvgIpc) is 2.14. The van der Waals surface area contributed by atoms with Crippen LogP contribution in [0.25, 0.3) is 0 Å². The second kappa shape index (κ2) is 4.40. The third kappa shape index (κ3) is 3.10. The van der Waals surface area contributed by atoms with Gasteiger partial charge in [-0.1, -0.05) is 51.4 Å². The van der Waals surface area contributed by atoms with E-state index >= 15 is 0 Å². The van der Waals surface area contributed by atoms with Crippen molar-refractivity contribution < 1.29 is 0 Å². The molecule has 1 unspecified atom stereocenters. The molecule has 0 aliphatic heterocycles. The van der Waals surface area contributed by atoms with Crippen molar-refractivity contribution in [2.45, 2.75) is 39.0 Å². The summed E-state index contributed by atoms with van der Waals surface area (Å²) in [5.41, 5.74) is 2.65. The van der Waals surface area contributed by atoms with Crippen LogP contribution in [0.4, 0.5) is 0 Å². The Hall–Kier alpha value is -0.750. The molecule has 82 valence electrons.